The average molecular weight is 387 g/mol. The van der Waals surface area contributed by atoms with Gasteiger partial charge in [-0.1, -0.05) is 36.8 Å². The summed E-state index contributed by atoms with van der Waals surface area (Å²) in [5.74, 6) is 1.30. The van der Waals surface area contributed by atoms with Crippen molar-refractivity contribution in [3.05, 3.63) is 65.0 Å². The minimum Gasteiger partial charge on any atom is -0.327 e. The van der Waals surface area contributed by atoms with Crippen molar-refractivity contribution in [2.24, 2.45) is 0 Å². The summed E-state index contributed by atoms with van der Waals surface area (Å²) in [6, 6.07) is 16.6. The van der Waals surface area contributed by atoms with Crippen LogP contribution in [-0.2, 0) is 32.5 Å². The SMILES string of the molecule is c1ccc2c(c1)CCN(Cc1ccc3c(c1)nc1n3CCN3CCCC[C@H]3C1)C2. The summed E-state index contributed by atoms with van der Waals surface area (Å²) in [6.07, 6.45) is 6.36. The summed E-state index contributed by atoms with van der Waals surface area (Å²) >= 11 is 0. The van der Waals surface area contributed by atoms with E-state index < -0.39 is 0 Å². The van der Waals surface area contributed by atoms with Crippen LogP contribution in [-0.4, -0.2) is 45.0 Å². The highest BCUT2D eigenvalue weighted by Crippen LogP contribution is 2.27. The zero-order chi connectivity index (χ0) is 19.2. The number of piperidine rings is 1. The molecule has 3 aliphatic rings. The molecule has 6 rings (SSSR count). The first-order valence-electron chi connectivity index (χ1n) is 11.3. The molecule has 0 amide bonds. The number of rotatable bonds is 2. The topological polar surface area (TPSA) is 24.3 Å². The number of benzene rings is 2. The second-order valence-electron chi connectivity index (χ2n) is 9.12. The Balaban J connectivity index is 1.24. The monoisotopic (exact) mass is 386 g/mol. The molecule has 1 saturated heterocycles. The Bertz CT molecular complexity index is 1040. The number of fused-ring (bicyclic) bond motifs is 5. The van der Waals surface area contributed by atoms with Crippen LogP contribution in [0.4, 0.5) is 0 Å². The van der Waals surface area contributed by atoms with Crippen LogP contribution in [0.1, 0.15) is 41.8 Å². The highest BCUT2D eigenvalue weighted by atomic mass is 15.2. The number of imidazole rings is 1. The van der Waals surface area contributed by atoms with E-state index in [1.807, 2.05) is 0 Å². The smallest absolute Gasteiger partial charge is 0.111 e. The second-order valence-corrected chi connectivity index (χ2v) is 9.12. The van der Waals surface area contributed by atoms with Gasteiger partial charge in [-0.3, -0.25) is 9.80 Å². The van der Waals surface area contributed by atoms with Crippen LogP contribution in [0.25, 0.3) is 11.0 Å². The summed E-state index contributed by atoms with van der Waals surface area (Å²) in [7, 11) is 0. The fourth-order valence-corrected chi connectivity index (χ4v) is 5.70. The van der Waals surface area contributed by atoms with Crippen molar-refractivity contribution >= 4 is 11.0 Å². The van der Waals surface area contributed by atoms with Gasteiger partial charge in [0.25, 0.3) is 0 Å². The van der Waals surface area contributed by atoms with Gasteiger partial charge in [0.2, 0.25) is 0 Å². The lowest BCUT2D eigenvalue weighted by Gasteiger charge is -2.33. The van der Waals surface area contributed by atoms with Gasteiger partial charge in [0.15, 0.2) is 0 Å². The molecule has 29 heavy (non-hydrogen) atoms. The molecule has 1 aromatic heterocycles. The van der Waals surface area contributed by atoms with Gasteiger partial charge in [-0.15, -0.1) is 0 Å². The third-order valence-electron chi connectivity index (χ3n) is 7.29. The lowest BCUT2D eigenvalue weighted by Crippen LogP contribution is -2.40. The zero-order valence-corrected chi connectivity index (χ0v) is 17.2. The molecule has 2 aromatic carbocycles. The molecule has 0 spiro atoms. The van der Waals surface area contributed by atoms with Gasteiger partial charge in [0.05, 0.1) is 11.0 Å². The molecular formula is C25H30N4. The number of aromatic nitrogens is 2. The Hall–Kier alpha value is -2.17. The molecule has 150 valence electrons. The summed E-state index contributed by atoms with van der Waals surface area (Å²) < 4.78 is 2.49. The normalized spacial score (nSPS) is 22.7. The average Bonchev–Trinajstić information content (AvgIpc) is 2.98. The minimum absolute atomic E-state index is 0.703. The van der Waals surface area contributed by atoms with Gasteiger partial charge in [-0.05, 0) is 54.6 Å². The molecule has 3 aliphatic heterocycles. The van der Waals surface area contributed by atoms with E-state index >= 15 is 0 Å². The van der Waals surface area contributed by atoms with Crippen LogP contribution in [0.5, 0.6) is 0 Å². The van der Waals surface area contributed by atoms with Crippen molar-refractivity contribution < 1.29 is 0 Å². The lowest BCUT2D eigenvalue weighted by atomic mass is 9.99. The molecule has 1 atom stereocenters. The largest absolute Gasteiger partial charge is 0.327 e. The Kier molecular flexibility index (Phi) is 4.42. The first-order valence-corrected chi connectivity index (χ1v) is 11.3. The Labute approximate surface area is 173 Å². The van der Waals surface area contributed by atoms with Gasteiger partial charge in [-0.25, -0.2) is 4.98 Å². The summed E-state index contributed by atoms with van der Waals surface area (Å²) in [5.41, 5.74) is 6.93. The molecule has 4 heteroatoms. The number of hydrogen-bond acceptors (Lipinski definition) is 3. The van der Waals surface area contributed by atoms with Crippen LogP contribution in [0, 0.1) is 0 Å². The van der Waals surface area contributed by atoms with Gasteiger partial charge < -0.3 is 4.57 Å². The molecule has 0 saturated carbocycles. The van der Waals surface area contributed by atoms with E-state index in [1.54, 1.807) is 0 Å². The number of hydrogen-bond donors (Lipinski definition) is 0. The summed E-state index contributed by atoms with van der Waals surface area (Å²) in [4.78, 5) is 10.4. The van der Waals surface area contributed by atoms with E-state index in [4.69, 9.17) is 4.98 Å². The first-order chi connectivity index (χ1) is 14.3. The van der Waals surface area contributed by atoms with Gasteiger partial charge in [0, 0.05) is 45.2 Å². The Morgan fingerprint density at radius 1 is 0.931 bits per heavy atom. The van der Waals surface area contributed by atoms with E-state index in [0.29, 0.717) is 6.04 Å². The van der Waals surface area contributed by atoms with Crippen LogP contribution >= 0.6 is 0 Å². The van der Waals surface area contributed by atoms with Crippen LogP contribution in [0.2, 0.25) is 0 Å². The van der Waals surface area contributed by atoms with E-state index in [1.165, 1.54) is 65.9 Å². The van der Waals surface area contributed by atoms with Crippen molar-refractivity contribution in [1.29, 1.82) is 0 Å². The van der Waals surface area contributed by atoms with Gasteiger partial charge >= 0.3 is 0 Å². The second kappa shape index (κ2) is 7.26. The third kappa shape index (κ3) is 3.28. The molecule has 0 bridgehead atoms. The molecule has 0 aliphatic carbocycles. The molecule has 3 aromatic rings. The predicted molar refractivity (Wildman–Crippen MR) is 117 cm³/mol. The highest BCUT2D eigenvalue weighted by Gasteiger charge is 2.28. The highest BCUT2D eigenvalue weighted by molar-refractivity contribution is 5.77. The quantitative estimate of drug-likeness (QED) is 0.665. The molecule has 0 unspecified atom stereocenters. The van der Waals surface area contributed by atoms with Crippen molar-refractivity contribution in [2.75, 3.05) is 19.6 Å². The van der Waals surface area contributed by atoms with E-state index in [-0.39, 0.29) is 0 Å². The molecular weight excluding hydrogens is 356 g/mol. The molecule has 1 fully saturated rings. The standard InChI is InChI=1S/C25H30N4/c1-2-6-21-18-27(12-10-20(21)5-1)17-19-8-9-24-23(15-19)26-25-16-22-7-3-4-11-28(22)13-14-29(24)25/h1-2,5-6,8-9,15,22H,3-4,7,10-14,16-18H2/t22-/m0/s1. The maximum absolute atomic E-state index is 5.11. The predicted octanol–water partition coefficient (Wildman–Crippen LogP) is 4.01. The van der Waals surface area contributed by atoms with Crippen LogP contribution in [0.15, 0.2) is 42.5 Å². The lowest BCUT2D eigenvalue weighted by molar-refractivity contribution is 0.152. The molecule has 4 heterocycles. The Morgan fingerprint density at radius 3 is 2.83 bits per heavy atom. The van der Waals surface area contributed by atoms with Crippen molar-refractivity contribution in [2.45, 2.75) is 57.8 Å². The number of nitrogens with zero attached hydrogens (tertiary/aromatic N) is 4. The van der Waals surface area contributed by atoms with E-state index in [9.17, 15) is 0 Å². The molecule has 0 N–H and O–H groups in total. The third-order valence-corrected chi connectivity index (χ3v) is 7.29. The van der Waals surface area contributed by atoms with Gasteiger partial charge in [-0.2, -0.15) is 0 Å². The van der Waals surface area contributed by atoms with E-state index in [2.05, 4.69) is 56.8 Å². The summed E-state index contributed by atoms with van der Waals surface area (Å²) in [6.45, 7) is 6.76. The maximum atomic E-state index is 5.11. The fraction of sp³-hybridized carbons (Fsp3) is 0.480. The fourth-order valence-electron chi connectivity index (χ4n) is 5.70. The van der Waals surface area contributed by atoms with Crippen LogP contribution < -0.4 is 0 Å². The van der Waals surface area contributed by atoms with Crippen molar-refractivity contribution in [3.63, 3.8) is 0 Å². The zero-order valence-electron chi connectivity index (χ0n) is 17.2. The minimum atomic E-state index is 0.703. The maximum Gasteiger partial charge on any atom is 0.111 e. The first kappa shape index (κ1) is 17.7. The summed E-state index contributed by atoms with van der Waals surface area (Å²) in [5, 5.41) is 0. The molecule has 4 nitrogen and oxygen atoms in total. The van der Waals surface area contributed by atoms with Gasteiger partial charge in [0.1, 0.15) is 5.82 Å². The molecule has 0 radical (unpaired) electrons. The van der Waals surface area contributed by atoms with E-state index in [0.717, 1.165) is 39.0 Å². The van der Waals surface area contributed by atoms with Crippen molar-refractivity contribution in [3.8, 4) is 0 Å². The van der Waals surface area contributed by atoms with Crippen molar-refractivity contribution in [1.82, 2.24) is 19.4 Å². The van der Waals surface area contributed by atoms with Crippen LogP contribution in [0.3, 0.4) is 0 Å². The Morgan fingerprint density at radius 2 is 1.86 bits per heavy atom.